The standard InChI is InChI=1S/C29H29N2O4PS/c1-24-12-18-29(19-13-24)37(33,34)35-26-16-14-25(15-17-26)30-20-22-31(23-21-30)36(32,27-8-4-2-5-9-27)28-10-6-3-7-11-28/h2-19H,20-23H2,1H3. The third kappa shape index (κ3) is 5.35. The van der Waals surface area contributed by atoms with Gasteiger partial charge in [0.2, 0.25) is 7.29 Å². The molecule has 0 atom stereocenters. The van der Waals surface area contributed by atoms with Gasteiger partial charge in [0.05, 0.1) is 0 Å². The van der Waals surface area contributed by atoms with Crippen LogP contribution in [0.3, 0.4) is 0 Å². The fourth-order valence-corrected chi connectivity index (χ4v) is 8.34. The largest absolute Gasteiger partial charge is 0.379 e. The molecule has 1 heterocycles. The van der Waals surface area contributed by atoms with Crippen LogP contribution in [0.25, 0.3) is 0 Å². The topological polar surface area (TPSA) is 66.9 Å². The Morgan fingerprint density at radius 3 is 1.70 bits per heavy atom. The lowest BCUT2D eigenvalue weighted by Crippen LogP contribution is -2.47. The first-order valence-electron chi connectivity index (χ1n) is 12.2. The molecule has 0 bridgehead atoms. The fourth-order valence-electron chi connectivity index (χ4n) is 4.56. The average Bonchev–Trinajstić information content (AvgIpc) is 2.94. The molecule has 37 heavy (non-hydrogen) atoms. The molecule has 0 radical (unpaired) electrons. The van der Waals surface area contributed by atoms with Crippen LogP contribution in [0.2, 0.25) is 0 Å². The van der Waals surface area contributed by atoms with Crippen molar-refractivity contribution < 1.29 is 17.2 Å². The second-order valence-corrected chi connectivity index (χ2v) is 13.3. The van der Waals surface area contributed by atoms with Gasteiger partial charge >= 0.3 is 10.1 Å². The summed E-state index contributed by atoms with van der Waals surface area (Å²) in [6, 6.07) is 33.1. The Labute approximate surface area is 218 Å². The molecule has 1 aliphatic heterocycles. The van der Waals surface area contributed by atoms with Gasteiger partial charge in [-0.25, -0.2) is 4.67 Å². The summed E-state index contributed by atoms with van der Waals surface area (Å²) in [5.41, 5.74) is 1.95. The van der Waals surface area contributed by atoms with E-state index in [1.54, 1.807) is 36.4 Å². The molecule has 6 nitrogen and oxygen atoms in total. The van der Waals surface area contributed by atoms with Gasteiger partial charge in [0, 0.05) is 42.5 Å². The number of nitrogens with zero attached hydrogens (tertiary/aromatic N) is 2. The maximum Gasteiger partial charge on any atom is 0.339 e. The highest BCUT2D eigenvalue weighted by Crippen LogP contribution is 2.48. The minimum Gasteiger partial charge on any atom is -0.379 e. The van der Waals surface area contributed by atoms with E-state index in [0.29, 0.717) is 26.2 Å². The molecular weight excluding hydrogens is 503 g/mol. The Bertz CT molecular complexity index is 1440. The van der Waals surface area contributed by atoms with E-state index < -0.39 is 17.4 Å². The minimum atomic E-state index is -3.90. The molecule has 1 fully saturated rings. The predicted octanol–water partition coefficient (Wildman–Crippen LogP) is 4.81. The second kappa shape index (κ2) is 10.5. The first kappa shape index (κ1) is 25.3. The first-order chi connectivity index (χ1) is 17.9. The summed E-state index contributed by atoms with van der Waals surface area (Å²) in [6.45, 7) is 4.58. The van der Waals surface area contributed by atoms with Crippen LogP contribution in [0.15, 0.2) is 114 Å². The Morgan fingerprint density at radius 1 is 0.676 bits per heavy atom. The molecule has 4 aromatic carbocycles. The van der Waals surface area contributed by atoms with Gasteiger partial charge in [-0.15, -0.1) is 0 Å². The van der Waals surface area contributed by atoms with E-state index in [1.165, 1.54) is 0 Å². The highest BCUT2D eigenvalue weighted by Gasteiger charge is 2.36. The zero-order valence-electron chi connectivity index (χ0n) is 20.6. The summed E-state index contributed by atoms with van der Waals surface area (Å²) < 4.78 is 47.2. The summed E-state index contributed by atoms with van der Waals surface area (Å²) in [4.78, 5) is 2.34. The number of piperazine rings is 1. The molecule has 0 aliphatic carbocycles. The van der Waals surface area contributed by atoms with Crippen molar-refractivity contribution in [1.29, 1.82) is 0 Å². The quantitative estimate of drug-likeness (QED) is 0.251. The zero-order chi connectivity index (χ0) is 25.9. The summed E-state index contributed by atoms with van der Waals surface area (Å²) in [5.74, 6) is 0.264. The van der Waals surface area contributed by atoms with Crippen LogP contribution < -0.4 is 19.7 Å². The number of hydrogen-bond acceptors (Lipinski definition) is 5. The van der Waals surface area contributed by atoms with Crippen LogP contribution in [-0.2, 0) is 14.7 Å². The zero-order valence-corrected chi connectivity index (χ0v) is 22.3. The van der Waals surface area contributed by atoms with Crippen LogP contribution in [0.4, 0.5) is 5.69 Å². The van der Waals surface area contributed by atoms with Crippen molar-refractivity contribution in [3.63, 3.8) is 0 Å². The Morgan fingerprint density at radius 2 is 1.19 bits per heavy atom. The summed E-state index contributed by atoms with van der Waals surface area (Å²) in [5, 5.41) is 1.68. The Balaban J connectivity index is 1.29. The van der Waals surface area contributed by atoms with Crippen LogP contribution in [0.1, 0.15) is 5.56 Å². The van der Waals surface area contributed by atoms with Crippen molar-refractivity contribution in [3.05, 3.63) is 115 Å². The van der Waals surface area contributed by atoms with Gasteiger partial charge < -0.3 is 9.08 Å². The van der Waals surface area contributed by atoms with E-state index in [2.05, 4.69) is 9.57 Å². The van der Waals surface area contributed by atoms with Crippen molar-refractivity contribution in [2.24, 2.45) is 0 Å². The molecule has 0 amide bonds. The molecule has 8 heteroatoms. The Kier molecular flexibility index (Phi) is 7.20. The van der Waals surface area contributed by atoms with E-state index in [0.717, 1.165) is 21.9 Å². The number of anilines is 1. The maximum absolute atomic E-state index is 14.6. The molecule has 4 aromatic rings. The second-order valence-electron chi connectivity index (χ2n) is 9.03. The normalized spacial score (nSPS) is 14.9. The van der Waals surface area contributed by atoms with E-state index in [4.69, 9.17) is 4.18 Å². The third-order valence-electron chi connectivity index (χ3n) is 6.58. The lowest BCUT2D eigenvalue weighted by molar-refractivity contribution is 0.393. The highest BCUT2D eigenvalue weighted by atomic mass is 32.2. The smallest absolute Gasteiger partial charge is 0.339 e. The molecule has 1 saturated heterocycles. The van der Waals surface area contributed by atoms with E-state index in [1.807, 2.05) is 79.7 Å². The van der Waals surface area contributed by atoms with E-state index in [-0.39, 0.29) is 10.6 Å². The molecule has 190 valence electrons. The van der Waals surface area contributed by atoms with Gasteiger partial charge in [0.1, 0.15) is 10.6 Å². The number of rotatable bonds is 7. The molecule has 0 unspecified atom stereocenters. The van der Waals surface area contributed by atoms with Crippen molar-refractivity contribution in [3.8, 4) is 5.75 Å². The number of benzene rings is 4. The molecule has 0 spiro atoms. The molecule has 0 aromatic heterocycles. The molecule has 5 rings (SSSR count). The van der Waals surface area contributed by atoms with Gasteiger partial charge in [-0.3, -0.25) is 4.57 Å². The molecule has 0 saturated carbocycles. The molecular formula is C29H29N2O4PS. The molecule has 1 aliphatic rings. The first-order valence-corrected chi connectivity index (χ1v) is 15.3. The summed E-state index contributed by atoms with van der Waals surface area (Å²) in [6.07, 6.45) is 0. The van der Waals surface area contributed by atoms with Crippen LogP contribution in [0.5, 0.6) is 5.75 Å². The fraction of sp³-hybridized carbons (Fsp3) is 0.172. The van der Waals surface area contributed by atoms with E-state index >= 15 is 0 Å². The number of aryl methyl sites for hydroxylation is 1. The summed E-state index contributed by atoms with van der Waals surface area (Å²) >= 11 is 0. The SMILES string of the molecule is Cc1ccc(S(=O)(=O)Oc2ccc(N3CCN(P(=O)(c4ccccc4)c4ccccc4)CC3)cc2)cc1. The average molecular weight is 533 g/mol. The summed E-state index contributed by atoms with van der Waals surface area (Å²) in [7, 11) is -6.86. The molecule has 0 N–H and O–H groups in total. The van der Waals surface area contributed by atoms with Crippen molar-refractivity contribution in [1.82, 2.24) is 4.67 Å². The third-order valence-corrected chi connectivity index (χ3v) is 11.0. The van der Waals surface area contributed by atoms with Crippen molar-refractivity contribution in [2.75, 3.05) is 31.1 Å². The maximum atomic E-state index is 14.6. The van der Waals surface area contributed by atoms with Gasteiger partial charge in [0.15, 0.2) is 0 Å². The van der Waals surface area contributed by atoms with Gasteiger partial charge in [0.25, 0.3) is 0 Å². The number of hydrogen-bond donors (Lipinski definition) is 0. The van der Waals surface area contributed by atoms with Crippen LogP contribution in [0, 0.1) is 6.92 Å². The van der Waals surface area contributed by atoms with Crippen LogP contribution >= 0.6 is 7.29 Å². The lowest BCUT2D eigenvalue weighted by atomic mass is 10.2. The lowest BCUT2D eigenvalue weighted by Gasteiger charge is -2.40. The van der Waals surface area contributed by atoms with Gasteiger partial charge in [-0.2, -0.15) is 8.42 Å². The van der Waals surface area contributed by atoms with Gasteiger partial charge in [-0.05, 0) is 67.6 Å². The monoisotopic (exact) mass is 532 g/mol. The highest BCUT2D eigenvalue weighted by molar-refractivity contribution is 7.87. The van der Waals surface area contributed by atoms with Gasteiger partial charge in [-0.1, -0.05) is 54.1 Å². The van der Waals surface area contributed by atoms with Crippen molar-refractivity contribution >= 4 is 33.7 Å². The van der Waals surface area contributed by atoms with Crippen LogP contribution in [-0.4, -0.2) is 39.3 Å². The Hall–Kier alpha value is -3.38. The van der Waals surface area contributed by atoms with Crippen molar-refractivity contribution in [2.45, 2.75) is 11.8 Å². The minimum absolute atomic E-state index is 0.125. The van der Waals surface area contributed by atoms with E-state index in [9.17, 15) is 13.0 Å². The predicted molar refractivity (Wildman–Crippen MR) is 149 cm³/mol.